The molecule has 2 aromatic carbocycles. The SMILES string of the molecule is O=C1OC(=O)c2cc3c(O)cccc3cc21. The minimum absolute atomic E-state index is 0.0763. The summed E-state index contributed by atoms with van der Waals surface area (Å²) < 4.78 is 4.48. The molecule has 4 heteroatoms. The molecule has 4 nitrogen and oxygen atoms in total. The van der Waals surface area contributed by atoms with Gasteiger partial charge in [0.25, 0.3) is 0 Å². The Hall–Kier alpha value is -2.36. The largest absolute Gasteiger partial charge is 0.507 e. The molecule has 78 valence electrons. The first-order valence-corrected chi connectivity index (χ1v) is 4.69. The monoisotopic (exact) mass is 214 g/mol. The van der Waals surface area contributed by atoms with Gasteiger partial charge in [0.15, 0.2) is 0 Å². The van der Waals surface area contributed by atoms with Gasteiger partial charge in [0.1, 0.15) is 5.75 Å². The lowest BCUT2D eigenvalue weighted by atomic mass is 10.0. The zero-order valence-electron chi connectivity index (χ0n) is 8.06. The molecule has 0 aromatic heterocycles. The number of hydrogen-bond donors (Lipinski definition) is 1. The number of cyclic esters (lactones) is 2. The van der Waals surface area contributed by atoms with Crippen LogP contribution >= 0.6 is 0 Å². The number of benzene rings is 2. The van der Waals surface area contributed by atoms with E-state index < -0.39 is 11.9 Å². The molecule has 0 amide bonds. The predicted octanol–water partition coefficient (Wildman–Crippen LogP) is 1.86. The Balaban J connectivity index is 2.43. The fourth-order valence-electron chi connectivity index (χ4n) is 1.84. The lowest BCUT2D eigenvalue weighted by Gasteiger charge is -2.01. The highest BCUT2D eigenvalue weighted by molar-refractivity contribution is 6.17. The summed E-state index contributed by atoms with van der Waals surface area (Å²) in [4.78, 5) is 22.6. The second-order valence-electron chi connectivity index (χ2n) is 3.57. The van der Waals surface area contributed by atoms with E-state index in [1.807, 2.05) is 0 Å². The molecule has 0 radical (unpaired) electrons. The van der Waals surface area contributed by atoms with E-state index in [0.717, 1.165) is 0 Å². The predicted molar refractivity (Wildman–Crippen MR) is 55.4 cm³/mol. The first-order chi connectivity index (χ1) is 7.66. The van der Waals surface area contributed by atoms with E-state index in [2.05, 4.69) is 4.74 Å². The van der Waals surface area contributed by atoms with Crippen LogP contribution in [0.3, 0.4) is 0 Å². The lowest BCUT2D eigenvalue weighted by molar-refractivity contribution is 0.0444. The van der Waals surface area contributed by atoms with E-state index >= 15 is 0 Å². The van der Waals surface area contributed by atoms with E-state index in [1.54, 1.807) is 18.2 Å². The van der Waals surface area contributed by atoms with Crippen LogP contribution in [-0.4, -0.2) is 17.0 Å². The fraction of sp³-hybridized carbons (Fsp3) is 0. The Morgan fingerprint density at radius 2 is 1.69 bits per heavy atom. The fourth-order valence-corrected chi connectivity index (χ4v) is 1.84. The smallest absolute Gasteiger partial charge is 0.346 e. The Morgan fingerprint density at radius 1 is 1.00 bits per heavy atom. The number of ether oxygens (including phenoxy) is 1. The van der Waals surface area contributed by atoms with Crippen molar-refractivity contribution in [3.8, 4) is 5.75 Å². The van der Waals surface area contributed by atoms with Gasteiger partial charge in [0.2, 0.25) is 0 Å². The van der Waals surface area contributed by atoms with Crippen LogP contribution in [0.5, 0.6) is 5.75 Å². The maximum absolute atomic E-state index is 11.3. The quantitative estimate of drug-likeness (QED) is 0.537. The number of phenols is 1. The Labute approximate surface area is 90.1 Å². The minimum Gasteiger partial charge on any atom is -0.507 e. The first-order valence-electron chi connectivity index (χ1n) is 4.69. The molecular weight excluding hydrogens is 208 g/mol. The third-order valence-electron chi connectivity index (χ3n) is 2.62. The van der Waals surface area contributed by atoms with Gasteiger partial charge >= 0.3 is 11.9 Å². The number of carbonyl (C=O) groups excluding carboxylic acids is 2. The van der Waals surface area contributed by atoms with E-state index in [1.165, 1.54) is 12.1 Å². The number of fused-ring (bicyclic) bond motifs is 2. The van der Waals surface area contributed by atoms with Crippen molar-refractivity contribution in [3.05, 3.63) is 41.5 Å². The molecule has 0 bridgehead atoms. The summed E-state index contributed by atoms with van der Waals surface area (Å²) in [7, 11) is 0. The molecule has 0 aliphatic carbocycles. The van der Waals surface area contributed by atoms with Gasteiger partial charge in [-0.1, -0.05) is 12.1 Å². The molecule has 1 aliphatic heterocycles. The molecular formula is C12H6O4. The molecule has 0 spiro atoms. The topological polar surface area (TPSA) is 63.6 Å². The van der Waals surface area contributed by atoms with Gasteiger partial charge in [-0.2, -0.15) is 0 Å². The van der Waals surface area contributed by atoms with Crippen molar-refractivity contribution in [1.82, 2.24) is 0 Å². The van der Waals surface area contributed by atoms with Gasteiger partial charge in [-0.25, -0.2) is 9.59 Å². The van der Waals surface area contributed by atoms with Gasteiger partial charge in [0, 0.05) is 5.39 Å². The Kier molecular flexibility index (Phi) is 1.57. The van der Waals surface area contributed by atoms with Crippen LogP contribution in [0, 0.1) is 0 Å². The van der Waals surface area contributed by atoms with Crippen LogP contribution in [-0.2, 0) is 4.74 Å². The van der Waals surface area contributed by atoms with Crippen LogP contribution < -0.4 is 0 Å². The van der Waals surface area contributed by atoms with E-state index in [4.69, 9.17) is 0 Å². The van der Waals surface area contributed by atoms with Crippen molar-refractivity contribution in [3.63, 3.8) is 0 Å². The van der Waals surface area contributed by atoms with Crippen LogP contribution in [0.1, 0.15) is 20.7 Å². The molecule has 1 aliphatic rings. The number of hydrogen-bond acceptors (Lipinski definition) is 4. The van der Waals surface area contributed by atoms with Crippen LogP contribution in [0.2, 0.25) is 0 Å². The second kappa shape index (κ2) is 2.82. The molecule has 3 rings (SSSR count). The highest BCUT2D eigenvalue weighted by Gasteiger charge is 2.30. The van der Waals surface area contributed by atoms with Crippen molar-refractivity contribution in [2.75, 3.05) is 0 Å². The van der Waals surface area contributed by atoms with Crippen molar-refractivity contribution < 1.29 is 19.4 Å². The summed E-state index contributed by atoms with van der Waals surface area (Å²) in [6, 6.07) is 7.99. The highest BCUT2D eigenvalue weighted by atomic mass is 16.6. The van der Waals surface area contributed by atoms with Crippen molar-refractivity contribution in [1.29, 1.82) is 0 Å². The number of aromatic hydroxyl groups is 1. The first kappa shape index (κ1) is 8.91. The summed E-state index contributed by atoms with van der Waals surface area (Å²) in [6.45, 7) is 0. The Bertz CT molecular complexity index is 643. The molecule has 0 unspecified atom stereocenters. The number of rotatable bonds is 0. The number of phenolic OH excluding ortho intramolecular Hbond substituents is 1. The molecule has 16 heavy (non-hydrogen) atoms. The second-order valence-corrected chi connectivity index (χ2v) is 3.57. The highest BCUT2D eigenvalue weighted by Crippen LogP contribution is 2.30. The van der Waals surface area contributed by atoms with Gasteiger partial charge in [-0.05, 0) is 23.6 Å². The standard InChI is InChI=1S/C12H6O4/c13-10-3-1-2-6-4-8-9(5-7(6)10)12(15)16-11(8)14/h1-5,13H. The zero-order valence-corrected chi connectivity index (χ0v) is 8.06. The molecule has 0 atom stereocenters. The summed E-state index contributed by atoms with van der Waals surface area (Å²) in [5.41, 5.74) is 0.460. The van der Waals surface area contributed by atoms with E-state index in [9.17, 15) is 14.7 Å². The maximum Gasteiger partial charge on any atom is 0.346 e. The number of esters is 2. The van der Waals surface area contributed by atoms with Crippen LogP contribution in [0.4, 0.5) is 0 Å². The summed E-state index contributed by atoms with van der Waals surface area (Å²) in [5.74, 6) is -1.22. The molecule has 1 heterocycles. The third-order valence-corrected chi connectivity index (χ3v) is 2.62. The minimum atomic E-state index is -0.662. The van der Waals surface area contributed by atoms with Crippen molar-refractivity contribution in [2.24, 2.45) is 0 Å². The van der Waals surface area contributed by atoms with Gasteiger partial charge < -0.3 is 9.84 Å². The van der Waals surface area contributed by atoms with E-state index in [0.29, 0.717) is 10.8 Å². The van der Waals surface area contributed by atoms with Crippen LogP contribution in [0.15, 0.2) is 30.3 Å². The Morgan fingerprint density at radius 3 is 2.44 bits per heavy atom. The molecule has 2 aromatic rings. The average molecular weight is 214 g/mol. The summed E-state index contributed by atoms with van der Waals surface area (Å²) in [5, 5.41) is 10.9. The van der Waals surface area contributed by atoms with Gasteiger partial charge in [-0.15, -0.1) is 0 Å². The normalized spacial score (nSPS) is 14.0. The number of carbonyl (C=O) groups is 2. The molecule has 0 saturated carbocycles. The molecule has 0 fully saturated rings. The molecule has 1 N–H and O–H groups in total. The van der Waals surface area contributed by atoms with Crippen molar-refractivity contribution in [2.45, 2.75) is 0 Å². The lowest BCUT2D eigenvalue weighted by Crippen LogP contribution is -1.96. The van der Waals surface area contributed by atoms with Gasteiger partial charge in [-0.3, -0.25) is 0 Å². The maximum atomic E-state index is 11.3. The summed E-state index contributed by atoms with van der Waals surface area (Å²) >= 11 is 0. The summed E-state index contributed by atoms with van der Waals surface area (Å²) in [6.07, 6.45) is 0. The third kappa shape index (κ3) is 1.04. The zero-order chi connectivity index (χ0) is 11.3. The van der Waals surface area contributed by atoms with Gasteiger partial charge in [0.05, 0.1) is 11.1 Å². The van der Waals surface area contributed by atoms with E-state index in [-0.39, 0.29) is 16.9 Å². The van der Waals surface area contributed by atoms with Crippen LogP contribution in [0.25, 0.3) is 10.8 Å². The molecule has 0 saturated heterocycles. The van der Waals surface area contributed by atoms with Crippen molar-refractivity contribution >= 4 is 22.7 Å². The average Bonchev–Trinajstić information content (AvgIpc) is 2.53.